The van der Waals surface area contributed by atoms with Crippen molar-refractivity contribution in [3.05, 3.63) is 81.1 Å². The van der Waals surface area contributed by atoms with Gasteiger partial charge in [0.1, 0.15) is 12.3 Å². The SMILES string of the molecule is C/C(=N\NC(=O)Cn1nc(C)c(Br)c1C)c1ccccc1OC(=O)c1ccccc1C. The first-order chi connectivity index (χ1) is 14.8. The molecular formula is C23H23BrN4O3. The molecule has 7 nitrogen and oxygen atoms in total. The minimum Gasteiger partial charge on any atom is -0.422 e. The molecule has 1 amide bonds. The number of hydrazone groups is 1. The average molecular weight is 483 g/mol. The van der Waals surface area contributed by atoms with Gasteiger partial charge >= 0.3 is 5.97 Å². The maximum absolute atomic E-state index is 12.6. The van der Waals surface area contributed by atoms with E-state index in [1.165, 1.54) is 0 Å². The van der Waals surface area contributed by atoms with Crippen LogP contribution < -0.4 is 10.2 Å². The third-order valence-electron chi connectivity index (χ3n) is 4.78. The lowest BCUT2D eigenvalue weighted by molar-refractivity contribution is -0.121. The van der Waals surface area contributed by atoms with Crippen LogP contribution in [0.25, 0.3) is 0 Å². The molecule has 1 N–H and O–H groups in total. The standard InChI is InChI=1S/C23H23BrN4O3/c1-14-9-5-6-10-18(14)23(30)31-20-12-8-7-11-19(20)15(2)25-26-21(29)13-28-17(4)22(24)16(3)27-28/h5-12H,13H2,1-4H3,(H,26,29)/b25-15+. The van der Waals surface area contributed by atoms with Gasteiger partial charge in [-0.1, -0.05) is 30.3 Å². The monoisotopic (exact) mass is 482 g/mol. The predicted molar refractivity (Wildman–Crippen MR) is 122 cm³/mol. The van der Waals surface area contributed by atoms with Crippen molar-refractivity contribution in [1.82, 2.24) is 15.2 Å². The Hall–Kier alpha value is -3.26. The highest BCUT2D eigenvalue weighted by Gasteiger charge is 2.15. The van der Waals surface area contributed by atoms with Crippen molar-refractivity contribution >= 4 is 33.5 Å². The summed E-state index contributed by atoms with van der Waals surface area (Å²) in [5.41, 5.74) is 6.66. The summed E-state index contributed by atoms with van der Waals surface area (Å²) in [6.07, 6.45) is 0. The molecule has 0 unspecified atom stereocenters. The third-order valence-corrected chi connectivity index (χ3v) is 5.93. The molecule has 0 aliphatic heterocycles. The average Bonchev–Trinajstić information content (AvgIpc) is 2.99. The zero-order valence-electron chi connectivity index (χ0n) is 17.8. The molecule has 1 aromatic heterocycles. The number of hydrogen-bond donors (Lipinski definition) is 1. The van der Waals surface area contributed by atoms with Gasteiger partial charge in [-0.3, -0.25) is 9.48 Å². The van der Waals surface area contributed by atoms with Crippen LogP contribution in [0, 0.1) is 20.8 Å². The second-order valence-corrected chi connectivity index (χ2v) is 7.87. The fourth-order valence-electron chi connectivity index (χ4n) is 3.02. The van der Waals surface area contributed by atoms with E-state index in [1.54, 1.807) is 41.9 Å². The van der Waals surface area contributed by atoms with Crippen LogP contribution >= 0.6 is 15.9 Å². The second kappa shape index (κ2) is 9.70. The number of nitrogens with zero attached hydrogens (tertiary/aromatic N) is 3. The largest absolute Gasteiger partial charge is 0.422 e. The number of nitrogens with one attached hydrogen (secondary N) is 1. The number of halogens is 1. The second-order valence-electron chi connectivity index (χ2n) is 7.08. The predicted octanol–water partition coefficient (Wildman–Crippen LogP) is 4.33. The molecule has 0 spiro atoms. The number of aromatic nitrogens is 2. The zero-order chi connectivity index (χ0) is 22.5. The molecule has 0 aliphatic carbocycles. The van der Waals surface area contributed by atoms with Crippen LogP contribution in [-0.4, -0.2) is 27.4 Å². The maximum atomic E-state index is 12.6. The molecule has 160 valence electrons. The molecule has 0 saturated carbocycles. The number of benzene rings is 2. The summed E-state index contributed by atoms with van der Waals surface area (Å²) >= 11 is 3.45. The molecular weight excluding hydrogens is 460 g/mol. The van der Waals surface area contributed by atoms with Crippen LogP contribution in [0.2, 0.25) is 0 Å². The molecule has 0 aliphatic rings. The van der Waals surface area contributed by atoms with Gasteiger partial charge in [-0.05, 0) is 67.4 Å². The van der Waals surface area contributed by atoms with E-state index in [1.807, 2.05) is 39.0 Å². The molecule has 3 rings (SSSR count). The van der Waals surface area contributed by atoms with Crippen molar-refractivity contribution in [1.29, 1.82) is 0 Å². The van der Waals surface area contributed by atoms with Crippen molar-refractivity contribution < 1.29 is 14.3 Å². The van der Waals surface area contributed by atoms with Crippen molar-refractivity contribution in [2.45, 2.75) is 34.2 Å². The number of aryl methyl sites for hydroxylation is 2. The van der Waals surface area contributed by atoms with E-state index in [9.17, 15) is 9.59 Å². The van der Waals surface area contributed by atoms with Crippen molar-refractivity contribution in [3.63, 3.8) is 0 Å². The van der Waals surface area contributed by atoms with Crippen LogP contribution in [0.3, 0.4) is 0 Å². The number of carbonyl (C=O) groups is 2. The molecule has 1 heterocycles. The van der Waals surface area contributed by atoms with E-state index in [0.29, 0.717) is 22.6 Å². The Morgan fingerprint density at radius 3 is 2.35 bits per heavy atom. The summed E-state index contributed by atoms with van der Waals surface area (Å²) in [5, 5.41) is 8.50. The highest BCUT2D eigenvalue weighted by molar-refractivity contribution is 9.10. The fourth-order valence-corrected chi connectivity index (χ4v) is 3.30. The molecule has 8 heteroatoms. The lowest BCUT2D eigenvalue weighted by Gasteiger charge is -2.11. The highest BCUT2D eigenvalue weighted by Crippen LogP contribution is 2.21. The molecule has 0 bridgehead atoms. The van der Waals surface area contributed by atoms with Gasteiger partial charge in [-0.2, -0.15) is 10.2 Å². The molecule has 31 heavy (non-hydrogen) atoms. The van der Waals surface area contributed by atoms with Crippen LogP contribution in [0.1, 0.15) is 39.8 Å². The number of para-hydroxylation sites is 1. The Labute approximate surface area is 189 Å². The van der Waals surface area contributed by atoms with Crippen molar-refractivity contribution in [3.8, 4) is 5.75 Å². The number of esters is 1. The van der Waals surface area contributed by atoms with E-state index < -0.39 is 5.97 Å². The molecule has 0 atom stereocenters. The Balaban J connectivity index is 1.73. The lowest BCUT2D eigenvalue weighted by Crippen LogP contribution is -2.25. The van der Waals surface area contributed by atoms with E-state index in [-0.39, 0.29) is 12.5 Å². The zero-order valence-corrected chi connectivity index (χ0v) is 19.4. The van der Waals surface area contributed by atoms with Gasteiger partial charge in [-0.25, -0.2) is 10.2 Å². The minimum absolute atomic E-state index is 0.0406. The van der Waals surface area contributed by atoms with Gasteiger partial charge < -0.3 is 4.74 Å². The number of carbonyl (C=O) groups excluding carboxylic acids is 2. The summed E-state index contributed by atoms with van der Waals surface area (Å²) in [7, 11) is 0. The van der Waals surface area contributed by atoms with E-state index in [4.69, 9.17) is 4.74 Å². The molecule has 2 aromatic carbocycles. The van der Waals surface area contributed by atoms with Gasteiger partial charge in [0.25, 0.3) is 5.91 Å². The number of rotatable bonds is 6. The first-order valence-corrected chi connectivity index (χ1v) is 10.5. The summed E-state index contributed by atoms with van der Waals surface area (Å²) in [6.45, 7) is 7.37. The molecule has 0 radical (unpaired) electrons. The Morgan fingerprint density at radius 1 is 1.06 bits per heavy atom. The van der Waals surface area contributed by atoms with Gasteiger partial charge in [0.05, 0.1) is 27.1 Å². The Morgan fingerprint density at radius 2 is 1.71 bits per heavy atom. The van der Waals surface area contributed by atoms with Gasteiger partial charge in [-0.15, -0.1) is 0 Å². The maximum Gasteiger partial charge on any atom is 0.343 e. The van der Waals surface area contributed by atoms with E-state index in [0.717, 1.165) is 21.4 Å². The molecule has 0 saturated heterocycles. The quantitative estimate of drug-likeness (QED) is 0.245. The lowest BCUT2D eigenvalue weighted by atomic mass is 10.1. The van der Waals surface area contributed by atoms with Crippen LogP contribution in [-0.2, 0) is 11.3 Å². The highest BCUT2D eigenvalue weighted by atomic mass is 79.9. The fraction of sp³-hybridized carbons (Fsp3) is 0.217. The number of ether oxygens (including phenoxy) is 1. The number of hydrogen-bond acceptors (Lipinski definition) is 5. The normalized spacial score (nSPS) is 11.3. The van der Waals surface area contributed by atoms with Gasteiger partial charge in [0.15, 0.2) is 0 Å². The van der Waals surface area contributed by atoms with Gasteiger partial charge in [0.2, 0.25) is 0 Å². The minimum atomic E-state index is -0.447. The Kier molecular flexibility index (Phi) is 7.02. The van der Waals surface area contributed by atoms with E-state index >= 15 is 0 Å². The van der Waals surface area contributed by atoms with Crippen LogP contribution in [0.5, 0.6) is 5.75 Å². The topological polar surface area (TPSA) is 85.6 Å². The summed E-state index contributed by atoms with van der Waals surface area (Å²) in [4.78, 5) is 24.9. The van der Waals surface area contributed by atoms with Crippen molar-refractivity contribution in [2.24, 2.45) is 5.10 Å². The summed E-state index contributed by atoms with van der Waals surface area (Å²) in [6, 6.07) is 14.3. The molecule has 0 fully saturated rings. The van der Waals surface area contributed by atoms with Gasteiger partial charge in [0, 0.05) is 5.56 Å². The van der Waals surface area contributed by atoms with E-state index in [2.05, 4.69) is 31.6 Å². The third kappa shape index (κ3) is 5.27. The first-order valence-electron chi connectivity index (χ1n) is 9.67. The first kappa shape index (κ1) is 22.4. The van der Waals surface area contributed by atoms with Crippen molar-refractivity contribution in [2.75, 3.05) is 0 Å². The summed E-state index contributed by atoms with van der Waals surface area (Å²) in [5.74, 6) is -0.391. The molecule has 3 aromatic rings. The van der Waals surface area contributed by atoms with Crippen LogP contribution in [0.15, 0.2) is 58.1 Å². The smallest absolute Gasteiger partial charge is 0.343 e. The summed E-state index contributed by atoms with van der Waals surface area (Å²) < 4.78 is 8.10. The van der Waals surface area contributed by atoms with Crippen LogP contribution in [0.4, 0.5) is 0 Å². The Bertz CT molecular complexity index is 1170. The number of amides is 1.